The van der Waals surface area contributed by atoms with Crippen molar-refractivity contribution in [2.24, 2.45) is 5.92 Å². The molecule has 1 unspecified atom stereocenters. The molecule has 5 nitrogen and oxygen atoms in total. The van der Waals surface area contributed by atoms with Gasteiger partial charge in [-0.05, 0) is 13.3 Å². The van der Waals surface area contributed by atoms with Gasteiger partial charge in [0.25, 0.3) is 5.91 Å². The largest absolute Gasteiger partial charge is 0.437 e. The number of hydrogen-bond donors (Lipinski definition) is 0. The van der Waals surface area contributed by atoms with Gasteiger partial charge >= 0.3 is 6.18 Å². The highest BCUT2D eigenvalue weighted by Crippen LogP contribution is 2.32. The molecule has 1 amide bonds. The van der Waals surface area contributed by atoms with Crippen LogP contribution in [0.4, 0.5) is 13.2 Å². The second-order valence-electron chi connectivity index (χ2n) is 4.64. The van der Waals surface area contributed by atoms with E-state index in [1.165, 1.54) is 4.90 Å². The highest BCUT2D eigenvalue weighted by Gasteiger charge is 2.41. The van der Waals surface area contributed by atoms with Crippen LogP contribution >= 0.6 is 0 Å². The van der Waals surface area contributed by atoms with Gasteiger partial charge in [-0.15, -0.1) is 0 Å². The van der Waals surface area contributed by atoms with Gasteiger partial charge in [-0.1, -0.05) is 5.16 Å². The molecule has 1 aromatic rings. The van der Waals surface area contributed by atoms with Crippen LogP contribution in [0.5, 0.6) is 0 Å². The van der Waals surface area contributed by atoms with E-state index in [0.29, 0.717) is 26.3 Å². The molecule has 0 radical (unpaired) electrons. The fourth-order valence-electron chi connectivity index (χ4n) is 2.20. The van der Waals surface area contributed by atoms with E-state index in [4.69, 9.17) is 4.74 Å². The number of hydrogen-bond acceptors (Lipinski definition) is 4. The number of aromatic nitrogens is 1. The van der Waals surface area contributed by atoms with Crippen LogP contribution in [0.2, 0.25) is 0 Å². The SMILES string of the molecule is CCOCC1CCN(C(=O)c2conc2C(F)(F)F)C1. The molecular weight excluding hydrogens is 277 g/mol. The van der Waals surface area contributed by atoms with E-state index in [1.807, 2.05) is 6.92 Å². The second-order valence-corrected chi connectivity index (χ2v) is 4.64. The summed E-state index contributed by atoms with van der Waals surface area (Å²) in [5.74, 6) is -0.536. The summed E-state index contributed by atoms with van der Waals surface area (Å²) in [7, 11) is 0. The minimum atomic E-state index is -4.69. The zero-order valence-electron chi connectivity index (χ0n) is 10.9. The second kappa shape index (κ2) is 5.82. The smallest absolute Gasteiger partial charge is 0.381 e. The van der Waals surface area contributed by atoms with E-state index in [-0.39, 0.29) is 5.92 Å². The molecule has 2 heterocycles. The lowest BCUT2D eigenvalue weighted by Gasteiger charge is -2.16. The van der Waals surface area contributed by atoms with Crippen molar-refractivity contribution in [1.29, 1.82) is 0 Å². The molecule has 112 valence electrons. The first-order valence-corrected chi connectivity index (χ1v) is 6.32. The van der Waals surface area contributed by atoms with Crippen molar-refractivity contribution in [2.45, 2.75) is 19.5 Å². The molecule has 1 aliphatic rings. The van der Waals surface area contributed by atoms with Crippen LogP contribution in [0.3, 0.4) is 0 Å². The summed E-state index contributed by atoms with van der Waals surface area (Å²) in [6.07, 6.45) is -3.22. The summed E-state index contributed by atoms with van der Waals surface area (Å²) in [6, 6.07) is 0. The van der Waals surface area contributed by atoms with Crippen LogP contribution < -0.4 is 0 Å². The fourth-order valence-corrected chi connectivity index (χ4v) is 2.20. The Morgan fingerprint density at radius 1 is 1.60 bits per heavy atom. The number of nitrogens with zero attached hydrogens (tertiary/aromatic N) is 2. The van der Waals surface area contributed by atoms with E-state index in [1.54, 1.807) is 0 Å². The lowest BCUT2D eigenvalue weighted by Crippen LogP contribution is -2.30. The molecule has 1 aliphatic heterocycles. The van der Waals surface area contributed by atoms with Gasteiger partial charge in [-0.2, -0.15) is 13.2 Å². The van der Waals surface area contributed by atoms with Crippen LogP contribution in [0.25, 0.3) is 0 Å². The van der Waals surface area contributed by atoms with Crippen LogP contribution in [0.1, 0.15) is 29.4 Å². The van der Waals surface area contributed by atoms with Gasteiger partial charge in [0.1, 0.15) is 11.8 Å². The Hall–Kier alpha value is -1.57. The monoisotopic (exact) mass is 292 g/mol. The third kappa shape index (κ3) is 3.12. The quantitative estimate of drug-likeness (QED) is 0.853. The molecule has 0 N–H and O–H groups in total. The Bertz CT molecular complexity index is 473. The van der Waals surface area contributed by atoms with Crippen molar-refractivity contribution in [3.05, 3.63) is 17.5 Å². The summed E-state index contributed by atoms with van der Waals surface area (Å²) in [6.45, 7) is 3.76. The standard InChI is InChI=1S/C12H15F3N2O3/c1-2-19-6-8-3-4-17(5-8)11(18)9-7-20-16-10(9)12(13,14)15/h7-8H,2-6H2,1H3. The maximum atomic E-state index is 12.7. The van der Waals surface area contributed by atoms with Crippen LogP contribution in [0, 0.1) is 5.92 Å². The number of amides is 1. The molecule has 1 aromatic heterocycles. The van der Waals surface area contributed by atoms with Gasteiger partial charge < -0.3 is 14.2 Å². The summed E-state index contributed by atoms with van der Waals surface area (Å²) >= 11 is 0. The van der Waals surface area contributed by atoms with Crippen molar-refractivity contribution in [3.63, 3.8) is 0 Å². The van der Waals surface area contributed by atoms with Crippen molar-refractivity contribution in [2.75, 3.05) is 26.3 Å². The average molecular weight is 292 g/mol. The van der Waals surface area contributed by atoms with Crippen molar-refractivity contribution in [1.82, 2.24) is 10.1 Å². The number of halogens is 3. The molecule has 0 aromatic carbocycles. The first-order valence-electron chi connectivity index (χ1n) is 6.32. The molecule has 0 bridgehead atoms. The molecule has 0 spiro atoms. The number of carbonyl (C=O) groups excluding carboxylic acids is 1. The maximum absolute atomic E-state index is 12.7. The number of carbonyl (C=O) groups is 1. The van der Waals surface area contributed by atoms with Crippen LogP contribution in [-0.2, 0) is 10.9 Å². The third-order valence-corrected chi connectivity index (χ3v) is 3.20. The van der Waals surface area contributed by atoms with E-state index in [2.05, 4.69) is 9.68 Å². The van der Waals surface area contributed by atoms with E-state index < -0.39 is 23.3 Å². The molecule has 1 fully saturated rings. The molecule has 8 heteroatoms. The molecule has 2 rings (SSSR count). The van der Waals surface area contributed by atoms with Gasteiger partial charge in [-0.25, -0.2) is 0 Å². The van der Waals surface area contributed by atoms with Gasteiger partial charge in [0.05, 0.1) is 6.61 Å². The number of likely N-dealkylation sites (tertiary alicyclic amines) is 1. The fraction of sp³-hybridized carbons (Fsp3) is 0.667. The molecule has 0 aliphatic carbocycles. The molecule has 20 heavy (non-hydrogen) atoms. The predicted molar refractivity (Wildman–Crippen MR) is 62.0 cm³/mol. The van der Waals surface area contributed by atoms with E-state index >= 15 is 0 Å². The van der Waals surface area contributed by atoms with Crippen LogP contribution in [0.15, 0.2) is 10.8 Å². The van der Waals surface area contributed by atoms with Gasteiger partial charge in [0, 0.05) is 25.6 Å². The molecule has 1 atom stereocenters. The van der Waals surface area contributed by atoms with Crippen molar-refractivity contribution >= 4 is 5.91 Å². The van der Waals surface area contributed by atoms with Crippen molar-refractivity contribution in [3.8, 4) is 0 Å². The third-order valence-electron chi connectivity index (χ3n) is 3.20. The first kappa shape index (κ1) is 14.8. The Morgan fingerprint density at radius 3 is 3.00 bits per heavy atom. The Morgan fingerprint density at radius 2 is 2.35 bits per heavy atom. The normalized spacial score (nSPS) is 19.6. The number of alkyl halides is 3. The number of ether oxygens (including phenoxy) is 1. The van der Waals surface area contributed by atoms with Gasteiger partial charge in [-0.3, -0.25) is 4.79 Å². The maximum Gasteiger partial charge on any atom is 0.437 e. The molecular formula is C12H15F3N2O3. The Kier molecular flexibility index (Phi) is 4.32. The van der Waals surface area contributed by atoms with Gasteiger partial charge in [0.2, 0.25) is 0 Å². The topological polar surface area (TPSA) is 55.6 Å². The lowest BCUT2D eigenvalue weighted by atomic mass is 10.1. The summed E-state index contributed by atoms with van der Waals surface area (Å²) in [5.41, 5.74) is -1.80. The zero-order valence-corrected chi connectivity index (χ0v) is 10.9. The zero-order chi connectivity index (χ0) is 14.8. The average Bonchev–Trinajstić information content (AvgIpc) is 3.03. The Labute approximate surface area is 113 Å². The minimum Gasteiger partial charge on any atom is -0.381 e. The van der Waals surface area contributed by atoms with Crippen LogP contribution in [-0.4, -0.2) is 42.3 Å². The minimum absolute atomic E-state index is 0.160. The highest BCUT2D eigenvalue weighted by atomic mass is 19.4. The lowest BCUT2D eigenvalue weighted by molar-refractivity contribution is -0.143. The predicted octanol–water partition coefficient (Wildman–Crippen LogP) is 2.19. The Balaban J connectivity index is 2.04. The van der Waals surface area contributed by atoms with E-state index in [0.717, 1.165) is 12.7 Å². The number of rotatable bonds is 4. The van der Waals surface area contributed by atoms with Gasteiger partial charge in [0.15, 0.2) is 5.69 Å². The summed E-state index contributed by atoms with van der Waals surface area (Å²) in [4.78, 5) is 13.5. The highest BCUT2D eigenvalue weighted by molar-refractivity contribution is 5.95. The summed E-state index contributed by atoms with van der Waals surface area (Å²) < 4.78 is 47.5. The molecule has 1 saturated heterocycles. The summed E-state index contributed by atoms with van der Waals surface area (Å²) in [5, 5.41) is 2.88. The van der Waals surface area contributed by atoms with E-state index in [9.17, 15) is 18.0 Å². The first-order chi connectivity index (χ1) is 9.43. The van der Waals surface area contributed by atoms with Crippen molar-refractivity contribution < 1.29 is 27.2 Å². The molecule has 0 saturated carbocycles.